The third-order valence-corrected chi connectivity index (χ3v) is 2.71. The maximum absolute atomic E-state index is 13.1. The molecular formula is C8H7FO4S. The molecule has 1 aromatic rings. The summed E-state index contributed by atoms with van der Waals surface area (Å²) in [6, 6.07) is 2.66. The van der Waals surface area contributed by atoms with Crippen LogP contribution in [0.2, 0.25) is 0 Å². The summed E-state index contributed by atoms with van der Waals surface area (Å²) < 4.78 is 35.0. The van der Waals surface area contributed by atoms with E-state index in [4.69, 9.17) is 5.11 Å². The van der Waals surface area contributed by atoms with Crippen LogP contribution in [-0.4, -0.2) is 25.7 Å². The van der Waals surface area contributed by atoms with Crippen LogP contribution >= 0.6 is 0 Å². The summed E-state index contributed by atoms with van der Waals surface area (Å²) in [5.74, 6) is -2.35. The first-order valence-electron chi connectivity index (χ1n) is 3.55. The minimum atomic E-state index is -3.64. The van der Waals surface area contributed by atoms with E-state index in [0.717, 1.165) is 18.4 Å². The SMILES string of the molecule is CS(=O)(=O)c1ccc(C(=O)O)cc1F. The third kappa shape index (κ3) is 2.08. The molecule has 0 unspecified atom stereocenters. The monoisotopic (exact) mass is 218 g/mol. The quantitative estimate of drug-likeness (QED) is 0.801. The van der Waals surface area contributed by atoms with Gasteiger partial charge in [-0.2, -0.15) is 0 Å². The normalized spacial score (nSPS) is 11.3. The van der Waals surface area contributed by atoms with Crippen LogP contribution in [0, 0.1) is 5.82 Å². The Morgan fingerprint density at radius 2 is 2.00 bits per heavy atom. The number of hydrogen-bond acceptors (Lipinski definition) is 3. The number of carboxylic acids is 1. The second-order valence-electron chi connectivity index (χ2n) is 2.72. The molecular weight excluding hydrogens is 211 g/mol. The second-order valence-corrected chi connectivity index (χ2v) is 4.71. The first kappa shape index (κ1) is 10.6. The van der Waals surface area contributed by atoms with Gasteiger partial charge in [-0.25, -0.2) is 17.6 Å². The van der Waals surface area contributed by atoms with Gasteiger partial charge in [0.2, 0.25) is 0 Å². The number of rotatable bonds is 2. The minimum Gasteiger partial charge on any atom is -0.478 e. The Morgan fingerprint density at radius 1 is 1.43 bits per heavy atom. The highest BCUT2D eigenvalue weighted by Gasteiger charge is 2.15. The van der Waals surface area contributed by atoms with Crippen molar-refractivity contribution in [2.75, 3.05) is 6.26 Å². The zero-order valence-corrected chi connectivity index (χ0v) is 8.01. The van der Waals surface area contributed by atoms with Gasteiger partial charge in [0.1, 0.15) is 10.7 Å². The van der Waals surface area contributed by atoms with Gasteiger partial charge in [0, 0.05) is 6.26 Å². The molecule has 0 radical (unpaired) electrons. The van der Waals surface area contributed by atoms with Gasteiger partial charge in [0.05, 0.1) is 5.56 Å². The zero-order valence-electron chi connectivity index (χ0n) is 7.19. The summed E-state index contributed by atoms with van der Waals surface area (Å²) in [5, 5.41) is 8.49. The predicted octanol–water partition coefficient (Wildman–Crippen LogP) is 0.927. The molecule has 6 heteroatoms. The summed E-state index contributed by atoms with van der Waals surface area (Å²) >= 11 is 0. The van der Waals surface area contributed by atoms with Crippen molar-refractivity contribution < 1.29 is 22.7 Å². The van der Waals surface area contributed by atoms with Crippen LogP contribution in [0.25, 0.3) is 0 Å². The van der Waals surface area contributed by atoms with E-state index in [2.05, 4.69) is 0 Å². The molecule has 0 bridgehead atoms. The molecule has 0 saturated heterocycles. The van der Waals surface area contributed by atoms with Crippen molar-refractivity contribution in [3.63, 3.8) is 0 Å². The van der Waals surface area contributed by atoms with Crippen LogP contribution in [0.4, 0.5) is 4.39 Å². The van der Waals surface area contributed by atoms with Crippen molar-refractivity contribution in [3.05, 3.63) is 29.6 Å². The Balaban J connectivity index is 3.35. The van der Waals surface area contributed by atoms with Crippen LogP contribution in [0.5, 0.6) is 0 Å². The second kappa shape index (κ2) is 3.38. The largest absolute Gasteiger partial charge is 0.478 e. The molecule has 4 nitrogen and oxygen atoms in total. The van der Waals surface area contributed by atoms with E-state index >= 15 is 0 Å². The summed E-state index contributed by atoms with van der Waals surface area (Å²) in [6.45, 7) is 0. The maximum Gasteiger partial charge on any atom is 0.335 e. The van der Waals surface area contributed by atoms with Gasteiger partial charge in [0.25, 0.3) is 0 Å². The van der Waals surface area contributed by atoms with Crippen molar-refractivity contribution in [2.24, 2.45) is 0 Å². The molecule has 1 rings (SSSR count). The molecule has 0 aliphatic heterocycles. The van der Waals surface area contributed by atoms with Gasteiger partial charge < -0.3 is 5.11 Å². The predicted molar refractivity (Wildman–Crippen MR) is 46.5 cm³/mol. The number of aromatic carboxylic acids is 1. The maximum atomic E-state index is 13.1. The molecule has 76 valence electrons. The lowest BCUT2D eigenvalue weighted by atomic mass is 10.2. The number of hydrogen-bond donors (Lipinski definition) is 1. The average molecular weight is 218 g/mol. The smallest absolute Gasteiger partial charge is 0.335 e. The molecule has 0 fully saturated rings. The van der Waals surface area contributed by atoms with E-state index in [1.54, 1.807) is 0 Å². The zero-order chi connectivity index (χ0) is 10.9. The van der Waals surface area contributed by atoms with E-state index in [0.29, 0.717) is 6.07 Å². The fraction of sp³-hybridized carbons (Fsp3) is 0.125. The lowest BCUT2D eigenvalue weighted by Crippen LogP contribution is -2.03. The van der Waals surface area contributed by atoms with Gasteiger partial charge in [-0.15, -0.1) is 0 Å². The van der Waals surface area contributed by atoms with E-state index < -0.39 is 26.5 Å². The van der Waals surface area contributed by atoms with Gasteiger partial charge in [0.15, 0.2) is 9.84 Å². The van der Waals surface area contributed by atoms with E-state index in [9.17, 15) is 17.6 Å². The van der Waals surface area contributed by atoms with Gasteiger partial charge in [-0.1, -0.05) is 0 Å². The molecule has 0 amide bonds. The van der Waals surface area contributed by atoms with Gasteiger partial charge in [-0.05, 0) is 18.2 Å². The van der Waals surface area contributed by atoms with Gasteiger partial charge in [-0.3, -0.25) is 0 Å². The first-order chi connectivity index (χ1) is 6.32. The topological polar surface area (TPSA) is 71.4 Å². The average Bonchev–Trinajstić information content (AvgIpc) is 2.01. The number of carbonyl (C=O) groups is 1. The summed E-state index contributed by atoms with van der Waals surface area (Å²) in [7, 11) is -3.64. The lowest BCUT2D eigenvalue weighted by molar-refractivity contribution is 0.0696. The van der Waals surface area contributed by atoms with Gasteiger partial charge >= 0.3 is 5.97 Å². The number of sulfone groups is 1. The van der Waals surface area contributed by atoms with E-state index in [1.807, 2.05) is 0 Å². The molecule has 14 heavy (non-hydrogen) atoms. The Morgan fingerprint density at radius 3 is 2.36 bits per heavy atom. The molecule has 0 saturated carbocycles. The molecule has 0 atom stereocenters. The van der Waals surface area contributed by atoms with Crippen LogP contribution in [0.3, 0.4) is 0 Å². The van der Waals surface area contributed by atoms with Crippen molar-refractivity contribution >= 4 is 15.8 Å². The number of halogens is 1. The highest BCUT2D eigenvalue weighted by molar-refractivity contribution is 7.90. The molecule has 0 heterocycles. The van der Waals surface area contributed by atoms with Crippen LogP contribution in [-0.2, 0) is 9.84 Å². The molecule has 0 aliphatic carbocycles. The Bertz CT molecular complexity index is 478. The first-order valence-corrected chi connectivity index (χ1v) is 5.44. The highest BCUT2D eigenvalue weighted by atomic mass is 32.2. The molecule has 0 aliphatic rings. The highest BCUT2D eigenvalue weighted by Crippen LogP contribution is 2.15. The van der Waals surface area contributed by atoms with Crippen molar-refractivity contribution in [1.82, 2.24) is 0 Å². The fourth-order valence-corrected chi connectivity index (χ4v) is 1.66. The standard InChI is InChI=1S/C8H7FO4S/c1-14(12,13)7-3-2-5(8(10)11)4-6(7)9/h2-4H,1H3,(H,10,11). The molecule has 0 spiro atoms. The number of benzene rings is 1. The Kier molecular flexibility index (Phi) is 2.57. The molecule has 1 aromatic carbocycles. The van der Waals surface area contributed by atoms with E-state index in [-0.39, 0.29) is 5.56 Å². The fourth-order valence-electron chi connectivity index (χ4n) is 0.935. The van der Waals surface area contributed by atoms with Crippen molar-refractivity contribution in [1.29, 1.82) is 0 Å². The Labute approximate surface area is 79.9 Å². The third-order valence-electron chi connectivity index (χ3n) is 1.58. The van der Waals surface area contributed by atoms with Crippen LogP contribution in [0.15, 0.2) is 23.1 Å². The van der Waals surface area contributed by atoms with Crippen LogP contribution in [0.1, 0.15) is 10.4 Å². The number of carboxylic acid groups (broad SMARTS) is 1. The van der Waals surface area contributed by atoms with E-state index in [1.165, 1.54) is 0 Å². The summed E-state index contributed by atoms with van der Waals surface area (Å²) in [5.41, 5.74) is -0.282. The Hall–Kier alpha value is -1.43. The minimum absolute atomic E-state index is 0.282. The summed E-state index contributed by atoms with van der Waals surface area (Å²) in [4.78, 5) is 9.90. The van der Waals surface area contributed by atoms with Crippen LogP contribution < -0.4 is 0 Å². The molecule has 0 aromatic heterocycles. The molecule has 1 N–H and O–H groups in total. The van der Waals surface area contributed by atoms with Crippen molar-refractivity contribution in [3.8, 4) is 0 Å². The lowest BCUT2D eigenvalue weighted by Gasteiger charge is -2.00. The van der Waals surface area contributed by atoms with Crippen molar-refractivity contribution in [2.45, 2.75) is 4.90 Å². The summed E-state index contributed by atoms with van der Waals surface area (Å²) in [6.07, 6.45) is 0.853.